The standard InChI is InChI=1S/C17H14N2O2/c1-11-9-14(12-5-3-2-4-6-12)8-7-13(11)10-15-16(20)19-17(21)18-15/h2-10H,1H3,(H2,18,19,20,21)/b15-10+. The Balaban J connectivity index is 1.94. The van der Waals surface area contributed by atoms with Crippen LogP contribution in [-0.4, -0.2) is 11.9 Å². The van der Waals surface area contributed by atoms with Gasteiger partial charge in [-0.25, -0.2) is 4.79 Å². The van der Waals surface area contributed by atoms with Gasteiger partial charge in [0.2, 0.25) is 0 Å². The number of benzene rings is 2. The van der Waals surface area contributed by atoms with Gasteiger partial charge >= 0.3 is 6.03 Å². The highest BCUT2D eigenvalue weighted by molar-refractivity contribution is 6.14. The summed E-state index contributed by atoms with van der Waals surface area (Å²) in [5.41, 5.74) is 4.48. The molecule has 0 aromatic heterocycles. The van der Waals surface area contributed by atoms with Crippen molar-refractivity contribution in [3.63, 3.8) is 0 Å². The van der Waals surface area contributed by atoms with Gasteiger partial charge in [0, 0.05) is 0 Å². The molecule has 4 heteroatoms. The summed E-state index contributed by atoms with van der Waals surface area (Å²) in [5, 5.41) is 4.67. The molecule has 0 bridgehead atoms. The molecule has 2 N–H and O–H groups in total. The quantitative estimate of drug-likeness (QED) is 0.655. The van der Waals surface area contributed by atoms with E-state index in [1.165, 1.54) is 0 Å². The van der Waals surface area contributed by atoms with Gasteiger partial charge in [0.25, 0.3) is 5.91 Å². The molecule has 0 unspecified atom stereocenters. The van der Waals surface area contributed by atoms with Gasteiger partial charge in [-0.15, -0.1) is 0 Å². The number of carbonyl (C=O) groups is 2. The van der Waals surface area contributed by atoms with Gasteiger partial charge in [0.05, 0.1) is 0 Å². The number of nitrogens with one attached hydrogen (secondary N) is 2. The Morgan fingerprint density at radius 2 is 1.67 bits per heavy atom. The van der Waals surface area contributed by atoms with E-state index in [-0.39, 0.29) is 5.70 Å². The fraction of sp³-hybridized carbons (Fsp3) is 0.0588. The van der Waals surface area contributed by atoms with Crippen molar-refractivity contribution in [1.82, 2.24) is 10.6 Å². The number of imide groups is 1. The van der Waals surface area contributed by atoms with Crippen molar-refractivity contribution in [3.8, 4) is 11.1 Å². The fourth-order valence-electron chi connectivity index (χ4n) is 2.29. The van der Waals surface area contributed by atoms with Crippen LogP contribution in [0.15, 0.2) is 54.2 Å². The van der Waals surface area contributed by atoms with Crippen LogP contribution in [0.3, 0.4) is 0 Å². The third kappa shape index (κ3) is 2.69. The molecule has 1 heterocycles. The zero-order chi connectivity index (χ0) is 14.8. The Bertz CT molecular complexity index is 749. The second kappa shape index (κ2) is 5.25. The summed E-state index contributed by atoms with van der Waals surface area (Å²) in [6, 6.07) is 15.6. The minimum atomic E-state index is -0.482. The molecule has 0 radical (unpaired) electrons. The van der Waals surface area contributed by atoms with Crippen molar-refractivity contribution in [1.29, 1.82) is 0 Å². The normalized spacial score (nSPS) is 16.0. The van der Waals surface area contributed by atoms with E-state index in [4.69, 9.17) is 0 Å². The van der Waals surface area contributed by atoms with Crippen molar-refractivity contribution in [2.24, 2.45) is 0 Å². The van der Waals surface area contributed by atoms with E-state index >= 15 is 0 Å². The molecule has 0 aliphatic carbocycles. The Morgan fingerprint density at radius 3 is 2.29 bits per heavy atom. The molecular weight excluding hydrogens is 264 g/mol. The second-order valence-corrected chi connectivity index (χ2v) is 4.90. The van der Waals surface area contributed by atoms with Crippen LogP contribution in [-0.2, 0) is 4.79 Å². The van der Waals surface area contributed by atoms with E-state index in [0.29, 0.717) is 0 Å². The maximum Gasteiger partial charge on any atom is 0.326 e. The first-order chi connectivity index (χ1) is 10.1. The minimum Gasteiger partial charge on any atom is -0.303 e. The van der Waals surface area contributed by atoms with Gasteiger partial charge < -0.3 is 5.32 Å². The summed E-state index contributed by atoms with van der Waals surface area (Å²) in [6.45, 7) is 1.98. The smallest absolute Gasteiger partial charge is 0.303 e. The van der Waals surface area contributed by atoms with Gasteiger partial charge in [-0.3, -0.25) is 10.1 Å². The average molecular weight is 278 g/mol. The van der Waals surface area contributed by atoms with E-state index in [0.717, 1.165) is 22.3 Å². The summed E-state index contributed by atoms with van der Waals surface area (Å²) < 4.78 is 0. The molecule has 3 amide bonds. The molecule has 1 aliphatic heterocycles. The van der Waals surface area contributed by atoms with Crippen molar-refractivity contribution in [2.45, 2.75) is 6.92 Å². The van der Waals surface area contributed by atoms with Crippen LogP contribution in [0, 0.1) is 6.92 Å². The van der Waals surface area contributed by atoms with E-state index in [1.54, 1.807) is 6.08 Å². The molecule has 2 aromatic rings. The molecule has 1 saturated heterocycles. The number of hydrogen-bond acceptors (Lipinski definition) is 2. The van der Waals surface area contributed by atoms with Crippen LogP contribution in [0.2, 0.25) is 0 Å². The molecule has 1 fully saturated rings. The predicted octanol–water partition coefficient (Wildman–Crippen LogP) is 2.84. The lowest BCUT2D eigenvalue weighted by molar-refractivity contribution is -0.115. The van der Waals surface area contributed by atoms with Crippen LogP contribution in [0.1, 0.15) is 11.1 Å². The van der Waals surface area contributed by atoms with Crippen LogP contribution < -0.4 is 10.6 Å². The Morgan fingerprint density at radius 1 is 0.905 bits per heavy atom. The number of carbonyl (C=O) groups excluding carboxylic acids is 2. The first-order valence-corrected chi connectivity index (χ1v) is 6.63. The van der Waals surface area contributed by atoms with Gasteiger partial charge in [-0.2, -0.15) is 0 Å². The molecule has 0 atom stereocenters. The van der Waals surface area contributed by atoms with E-state index in [2.05, 4.69) is 28.8 Å². The van der Waals surface area contributed by atoms with Crippen LogP contribution in [0.4, 0.5) is 4.79 Å². The molecule has 3 rings (SSSR count). The zero-order valence-corrected chi connectivity index (χ0v) is 11.5. The van der Waals surface area contributed by atoms with Crippen molar-refractivity contribution in [2.75, 3.05) is 0 Å². The van der Waals surface area contributed by atoms with Gasteiger partial charge in [-0.1, -0.05) is 48.5 Å². The Kier molecular flexibility index (Phi) is 3.28. The Labute approximate surface area is 122 Å². The third-order valence-electron chi connectivity index (χ3n) is 3.40. The number of urea groups is 1. The third-order valence-corrected chi connectivity index (χ3v) is 3.40. The number of hydrogen-bond donors (Lipinski definition) is 2. The summed E-state index contributed by atoms with van der Waals surface area (Å²) in [7, 11) is 0. The lowest BCUT2D eigenvalue weighted by Crippen LogP contribution is -2.22. The maximum atomic E-state index is 11.5. The first-order valence-electron chi connectivity index (χ1n) is 6.63. The summed E-state index contributed by atoms with van der Waals surface area (Å²) in [5.74, 6) is -0.397. The lowest BCUT2D eigenvalue weighted by atomic mass is 9.99. The highest BCUT2D eigenvalue weighted by atomic mass is 16.2. The van der Waals surface area contributed by atoms with Gasteiger partial charge in [0.1, 0.15) is 5.70 Å². The van der Waals surface area contributed by atoms with E-state index in [9.17, 15) is 9.59 Å². The van der Waals surface area contributed by atoms with E-state index < -0.39 is 11.9 Å². The van der Waals surface area contributed by atoms with Crippen molar-refractivity contribution < 1.29 is 9.59 Å². The number of rotatable bonds is 2. The molecule has 0 saturated carbocycles. The Hall–Kier alpha value is -2.88. The zero-order valence-electron chi connectivity index (χ0n) is 11.5. The van der Waals surface area contributed by atoms with Crippen molar-refractivity contribution in [3.05, 3.63) is 65.4 Å². The minimum absolute atomic E-state index is 0.274. The van der Waals surface area contributed by atoms with Crippen LogP contribution in [0.5, 0.6) is 0 Å². The highest BCUT2D eigenvalue weighted by Crippen LogP contribution is 2.23. The largest absolute Gasteiger partial charge is 0.326 e. The number of amides is 3. The monoisotopic (exact) mass is 278 g/mol. The topological polar surface area (TPSA) is 58.2 Å². The molecule has 1 aliphatic rings. The average Bonchev–Trinajstić information content (AvgIpc) is 2.80. The molecule has 21 heavy (non-hydrogen) atoms. The molecule has 4 nitrogen and oxygen atoms in total. The fourth-order valence-corrected chi connectivity index (χ4v) is 2.29. The van der Waals surface area contributed by atoms with E-state index in [1.807, 2.05) is 37.3 Å². The second-order valence-electron chi connectivity index (χ2n) is 4.90. The SMILES string of the molecule is Cc1cc(-c2ccccc2)ccc1/C=C1/NC(=O)NC1=O. The molecule has 0 spiro atoms. The van der Waals surface area contributed by atoms with Crippen LogP contribution in [0.25, 0.3) is 17.2 Å². The van der Waals surface area contributed by atoms with Crippen LogP contribution >= 0.6 is 0 Å². The van der Waals surface area contributed by atoms with Crippen molar-refractivity contribution >= 4 is 18.0 Å². The number of aryl methyl sites for hydroxylation is 1. The van der Waals surface area contributed by atoms with Gasteiger partial charge in [-0.05, 0) is 35.3 Å². The summed E-state index contributed by atoms with van der Waals surface area (Å²) in [6.07, 6.45) is 1.68. The summed E-state index contributed by atoms with van der Waals surface area (Å²) >= 11 is 0. The lowest BCUT2D eigenvalue weighted by Gasteiger charge is -2.06. The molecular formula is C17H14N2O2. The summed E-state index contributed by atoms with van der Waals surface area (Å²) in [4.78, 5) is 22.6. The van der Waals surface area contributed by atoms with Gasteiger partial charge in [0.15, 0.2) is 0 Å². The highest BCUT2D eigenvalue weighted by Gasteiger charge is 2.22. The molecule has 2 aromatic carbocycles. The first kappa shape index (κ1) is 13.1. The molecule has 104 valence electrons. The predicted molar refractivity (Wildman–Crippen MR) is 81.3 cm³/mol. The maximum absolute atomic E-state index is 11.5.